The number of fused-ring (bicyclic) bond motifs is 1. The minimum absolute atomic E-state index is 0.0524. The van der Waals surface area contributed by atoms with Crippen molar-refractivity contribution in [3.8, 4) is 0 Å². The van der Waals surface area contributed by atoms with Gasteiger partial charge in [-0.3, -0.25) is 0 Å². The molecule has 0 aliphatic carbocycles. The van der Waals surface area contributed by atoms with E-state index in [1.165, 1.54) is 12.1 Å². The van der Waals surface area contributed by atoms with Crippen LogP contribution in [0.15, 0.2) is 42.6 Å². The molecule has 0 saturated heterocycles. The number of halogens is 3. The number of aromatic amines is 1. The van der Waals surface area contributed by atoms with Crippen molar-refractivity contribution in [3.05, 3.63) is 71.2 Å². The third kappa shape index (κ3) is 3.42. The van der Waals surface area contributed by atoms with Crippen molar-refractivity contribution in [1.29, 1.82) is 0 Å². The highest BCUT2D eigenvalue weighted by atomic mass is 19.1. The van der Waals surface area contributed by atoms with Crippen LogP contribution in [-0.2, 0) is 11.2 Å². The van der Waals surface area contributed by atoms with Gasteiger partial charge in [0.25, 0.3) is 0 Å². The van der Waals surface area contributed by atoms with Crippen LogP contribution in [-0.4, -0.2) is 17.6 Å². The van der Waals surface area contributed by atoms with Gasteiger partial charge >= 0.3 is 5.97 Å². The van der Waals surface area contributed by atoms with Crippen molar-refractivity contribution in [2.45, 2.75) is 12.8 Å². The van der Waals surface area contributed by atoms with Gasteiger partial charge in [-0.05, 0) is 54.8 Å². The third-order valence-corrected chi connectivity index (χ3v) is 3.70. The van der Waals surface area contributed by atoms with Crippen molar-refractivity contribution < 1.29 is 22.7 Å². The van der Waals surface area contributed by atoms with Crippen LogP contribution in [0.3, 0.4) is 0 Å². The zero-order valence-electron chi connectivity index (χ0n) is 12.6. The summed E-state index contributed by atoms with van der Waals surface area (Å²) in [6, 6.07) is 7.09. The third-order valence-electron chi connectivity index (χ3n) is 3.70. The van der Waals surface area contributed by atoms with E-state index in [0.717, 1.165) is 34.7 Å². The number of nitrogens with one attached hydrogen (secondary N) is 1. The van der Waals surface area contributed by atoms with E-state index in [1.807, 2.05) is 0 Å². The minimum Gasteiger partial charge on any atom is -0.462 e. The molecular formula is C18H14F3NO2. The highest BCUT2D eigenvalue weighted by Crippen LogP contribution is 2.20. The van der Waals surface area contributed by atoms with E-state index in [0.29, 0.717) is 12.8 Å². The van der Waals surface area contributed by atoms with Crippen molar-refractivity contribution in [3.63, 3.8) is 0 Å². The Morgan fingerprint density at radius 3 is 2.62 bits per heavy atom. The molecule has 1 aromatic heterocycles. The molecule has 0 unspecified atom stereocenters. The van der Waals surface area contributed by atoms with Crippen molar-refractivity contribution in [1.82, 2.24) is 4.98 Å². The van der Waals surface area contributed by atoms with Gasteiger partial charge in [-0.1, -0.05) is 0 Å². The van der Waals surface area contributed by atoms with Gasteiger partial charge in [-0.2, -0.15) is 0 Å². The molecule has 0 aliphatic rings. The first-order valence-corrected chi connectivity index (χ1v) is 7.42. The van der Waals surface area contributed by atoms with Crippen LogP contribution in [0.1, 0.15) is 22.3 Å². The summed E-state index contributed by atoms with van der Waals surface area (Å²) in [7, 11) is 0. The number of carbonyl (C=O) groups excluding carboxylic acids is 1. The highest BCUT2D eigenvalue weighted by Gasteiger charge is 2.14. The number of H-pyrrole nitrogens is 1. The number of rotatable bonds is 5. The van der Waals surface area contributed by atoms with Gasteiger partial charge in [0.05, 0.1) is 12.2 Å². The van der Waals surface area contributed by atoms with Crippen LogP contribution < -0.4 is 0 Å². The highest BCUT2D eigenvalue weighted by molar-refractivity contribution is 5.89. The first kappa shape index (κ1) is 16.1. The molecule has 2 aromatic carbocycles. The number of aryl methyl sites for hydroxylation is 1. The molecule has 0 saturated carbocycles. The smallest absolute Gasteiger partial charge is 0.341 e. The topological polar surface area (TPSA) is 42.1 Å². The van der Waals surface area contributed by atoms with E-state index >= 15 is 0 Å². The van der Waals surface area contributed by atoms with Crippen LogP contribution in [0, 0.1) is 17.5 Å². The Hall–Kier alpha value is -2.76. The van der Waals surface area contributed by atoms with Crippen LogP contribution in [0.25, 0.3) is 10.9 Å². The Morgan fingerprint density at radius 1 is 1.04 bits per heavy atom. The molecule has 0 atom stereocenters. The summed E-state index contributed by atoms with van der Waals surface area (Å²) in [5, 5.41) is 0.775. The fraction of sp³-hybridized carbons (Fsp3) is 0.167. The van der Waals surface area contributed by atoms with E-state index in [9.17, 15) is 18.0 Å². The monoisotopic (exact) mass is 333 g/mol. The zero-order valence-corrected chi connectivity index (χ0v) is 12.6. The summed E-state index contributed by atoms with van der Waals surface area (Å²) in [5.74, 6) is -2.76. The number of esters is 1. The summed E-state index contributed by atoms with van der Waals surface area (Å²) < 4.78 is 44.8. The Labute approximate surface area is 136 Å². The lowest BCUT2D eigenvalue weighted by atomic mass is 10.1. The van der Waals surface area contributed by atoms with Gasteiger partial charge in [-0.25, -0.2) is 18.0 Å². The maximum atomic E-state index is 13.5. The second-order valence-corrected chi connectivity index (χ2v) is 5.37. The lowest BCUT2D eigenvalue weighted by Crippen LogP contribution is -2.09. The van der Waals surface area contributed by atoms with E-state index in [-0.39, 0.29) is 12.4 Å². The predicted octanol–water partition coefficient (Wildman–Crippen LogP) is 4.37. The van der Waals surface area contributed by atoms with E-state index in [1.54, 1.807) is 12.3 Å². The van der Waals surface area contributed by atoms with E-state index in [4.69, 9.17) is 4.74 Å². The molecule has 0 radical (unpaired) electrons. The molecule has 3 nitrogen and oxygen atoms in total. The number of aromatic nitrogens is 1. The van der Waals surface area contributed by atoms with Gasteiger partial charge in [-0.15, -0.1) is 0 Å². The fourth-order valence-electron chi connectivity index (χ4n) is 2.52. The lowest BCUT2D eigenvalue weighted by Gasteiger charge is -2.06. The normalized spacial score (nSPS) is 11.0. The lowest BCUT2D eigenvalue weighted by molar-refractivity contribution is 0.0495. The van der Waals surface area contributed by atoms with Gasteiger partial charge < -0.3 is 9.72 Å². The van der Waals surface area contributed by atoms with Crippen molar-refractivity contribution >= 4 is 16.9 Å². The maximum absolute atomic E-state index is 13.5. The van der Waals surface area contributed by atoms with Crippen LogP contribution in [0.5, 0.6) is 0 Å². The zero-order chi connectivity index (χ0) is 17.1. The average molecular weight is 333 g/mol. The summed E-state index contributed by atoms with van der Waals surface area (Å²) in [6.07, 6.45) is 2.81. The first-order valence-electron chi connectivity index (χ1n) is 7.42. The molecule has 124 valence electrons. The Bertz CT molecular complexity index is 889. The largest absolute Gasteiger partial charge is 0.462 e. The second-order valence-electron chi connectivity index (χ2n) is 5.37. The van der Waals surface area contributed by atoms with Gasteiger partial charge in [0.1, 0.15) is 17.5 Å². The standard InChI is InChI=1S/C18H14F3NO2/c19-12-3-5-16(21)15(9-12)18(23)24-7-1-2-11-10-22-17-6-4-13(20)8-14(11)17/h3-6,8-10,22H,1-2,7H2. The number of carbonyl (C=O) groups is 1. The van der Waals surface area contributed by atoms with Gasteiger partial charge in [0.15, 0.2) is 0 Å². The molecule has 24 heavy (non-hydrogen) atoms. The molecule has 0 aliphatic heterocycles. The average Bonchev–Trinajstić information content (AvgIpc) is 2.96. The summed E-state index contributed by atoms with van der Waals surface area (Å²) >= 11 is 0. The van der Waals surface area contributed by atoms with Crippen LogP contribution >= 0.6 is 0 Å². The molecule has 3 aromatic rings. The molecule has 0 spiro atoms. The quantitative estimate of drug-likeness (QED) is 0.556. The van der Waals surface area contributed by atoms with Crippen LogP contribution in [0.4, 0.5) is 13.2 Å². The van der Waals surface area contributed by atoms with E-state index < -0.39 is 23.2 Å². The Morgan fingerprint density at radius 2 is 1.79 bits per heavy atom. The Balaban J connectivity index is 1.57. The second kappa shape index (κ2) is 6.78. The van der Waals surface area contributed by atoms with Gasteiger partial charge in [0.2, 0.25) is 0 Å². The van der Waals surface area contributed by atoms with E-state index in [2.05, 4.69) is 4.98 Å². The Kier molecular flexibility index (Phi) is 4.55. The first-order chi connectivity index (χ1) is 11.5. The number of hydrogen-bond acceptors (Lipinski definition) is 2. The fourth-order valence-corrected chi connectivity index (χ4v) is 2.52. The predicted molar refractivity (Wildman–Crippen MR) is 83.2 cm³/mol. The minimum atomic E-state index is -0.906. The summed E-state index contributed by atoms with van der Waals surface area (Å²) in [4.78, 5) is 14.8. The molecule has 0 amide bonds. The summed E-state index contributed by atoms with van der Waals surface area (Å²) in [6.45, 7) is 0.0524. The molecule has 0 bridgehead atoms. The van der Waals surface area contributed by atoms with Gasteiger partial charge in [0, 0.05) is 17.1 Å². The van der Waals surface area contributed by atoms with Crippen LogP contribution in [0.2, 0.25) is 0 Å². The number of hydrogen-bond donors (Lipinski definition) is 1. The maximum Gasteiger partial charge on any atom is 0.341 e. The molecule has 6 heteroatoms. The SMILES string of the molecule is O=C(OCCCc1c[nH]c2ccc(F)cc12)c1cc(F)ccc1F. The molecule has 1 N–H and O–H groups in total. The summed E-state index contributed by atoms with van der Waals surface area (Å²) in [5.41, 5.74) is 1.30. The molecule has 3 rings (SSSR count). The molecule has 1 heterocycles. The number of benzene rings is 2. The molecule has 0 fully saturated rings. The number of ether oxygens (including phenoxy) is 1. The van der Waals surface area contributed by atoms with Crippen molar-refractivity contribution in [2.24, 2.45) is 0 Å². The van der Waals surface area contributed by atoms with Crippen molar-refractivity contribution in [2.75, 3.05) is 6.61 Å². The molecular weight excluding hydrogens is 319 g/mol.